The molecule has 14 aromatic rings. The summed E-state index contributed by atoms with van der Waals surface area (Å²) in [6, 6.07) is 70.7. The molecule has 0 amide bonds. The number of hydrogen-bond acceptors (Lipinski definition) is 12. The molecule has 0 saturated carbocycles. The van der Waals surface area contributed by atoms with Gasteiger partial charge in [-0.2, -0.15) is 9.97 Å². The molecule has 0 spiro atoms. The normalized spacial score (nSPS) is 14.5. The van der Waals surface area contributed by atoms with Gasteiger partial charge in [0.2, 0.25) is 5.28 Å². The number of rotatable bonds is 6. The second kappa shape index (κ2) is 22.7. The molecule has 0 fully saturated rings. The fourth-order valence-electron chi connectivity index (χ4n) is 14.7. The average molecular weight is 1270 g/mol. The standard InChI is InChI=1S/C41H31N5.C22H21BN2O2.C19H12ClN3/c1-40(2)31-15-10-18-42-35(31)29-21-33-30(22-32(29)40)36-34(41(33,3)4)20-28(23-43-36)39-45-37(25-12-6-5-7-13-25)44-38(46-39)27-17-16-24-11-8-9-14-26(24)19-27;1-21(2)15-6-5-7-24-19(15)13-9-17-14(10-16(13)21)20-18(22(17,3)4)8-12(11-25-20)23(26)27;20-19-22-17(14-7-2-1-3-8-14)21-18(23-19)16-11-10-13-6-4-5-9-15(13)12-16/h5-23H,1-4H3;5-11,26-27H,1-4H3;1-12H. The molecule has 464 valence electrons. The van der Waals surface area contributed by atoms with Gasteiger partial charge in [-0.15, -0.1) is 0 Å². The van der Waals surface area contributed by atoms with Crippen LogP contribution in [0.2, 0.25) is 5.28 Å². The molecular formula is C82H64BClN10O2. The first-order chi connectivity index (χ1) is 46.3. The lowest BCUT2D eigenvalue weighted by atomic mass is 9.76. The maximum Gasteiger partial charge on any atom is 0.490 e. The molecule has 0 bridgehead atoms. The summed E-state index contributed by atoms with van der Waals surface area (Å²) in [5, 5.41) is 24.0. The Balaban J connectivity index is 0.000000123. The maximum absolute atomic E-state index is 9.56. The average Bonchev–Trinajstić information content (AvgIpc) is 1.55. The molecule has 0 atom stereocenters. The van der Waals surface area contributed by atoms with Gasteiger partial charge in [-0.05, 0) is 132 Å². The minimum atomic E-state index is -1.51. The molecule has 4 aliphatic rings. The molecule has 6 heterocycles. The molecule has 96 heavy (non-hydrogen) atoms. The SMILES string of the molecule is CC1(C)c2cc3c(cc2-c2ncccc21)C(C)(C)c1cc(-c2nc(-c4ccccc4)nc(-c4ccc5ccccc5c4)n2)cnc1-3.CC1(C)c2cc3c(cc2-c2ncccc21)C(C)(C)c1cc(B(O)O)cnc1-3.Clc1nc(-c2ccccc2)nc(-c2ccc3ccccc3c2)n1. The van der Waals surface area contributed by atoms with E-state index in [4.69, 9.17) is 36.5 Å². The predicted octanol–water partition coefficient (Wildman–Crippen LogP) is 17.2. The molecule has 0 radical (unpaired) electrons. The molecule has 14 heteroatoms. The van der Waals surface area contributed by atoms with E-state index in [1.165, 1.54) is 66.4 Å². The van der Waals surface area contributed by atoms with Gasteiger partial charge in [0.05, 0.1) is 22.8 Å². The number of nitrogens with zero attached hydrogens (tertiary/aromatic N) is 10. The first-order valence-electron chi connectivity index (χ1n) is 32.3. The third kappa shape index (κ3) is 9.98. The van der Waals surface area contributed by atoms with Crippen molar-refractivity contribution in [1.29, 1.82) is 0 Å². The summed E-state index contributed by atoms with van der Waals surface area (Å²) in [5.74, 6) is 3.05. The van der Waals surface area contributed by atoms with Crippen LogP contribution in [0.15, 0.2) is 231 Å². The van der Waals surface area contributed by atoms with E-state index in [1.54, 1.807) is 6.20 Å². The first-order valence-corrected chi connectivity index (χ1v) is 32.6. The van der Waals surface area contributed by atoms with E-state index >= 15 is 0 Å². The molecule has 0 aliphatic heterocycles. The van der Waals surface area contributed by atoms with Crippen LogP contribution in [-0.4, -0.2) is 67.0 Å². The number of fused-ring (bicyclic) bond motifs is 14. The van der Waals surface area contributed by atoms with E-state index in [0.29, 0.717) is 34.6 Å². The summed E-state index contributed by atoms with van der Waals surface area (Å²) in [5.41, 5.74) is 22.9. The molecular weight excluding hydrogens is 1200 g/mol. The predicted molar refractivity (Wildman–Crippen MR) is 385 cm³/mol. The summed E-state index contributed by atoms with van der Waals surface area (Å²) in [7, 11) is -1.51. The molecule has 0 saturated heterocycles. The summed E-state index contributed by atoms with van der Waals surface area (Å²) in [6.07, 6.45) is 7.24. The minimum absolute atomic E-state index is 0.109. The smallest absolute Gasteiger partial charge is 0.423 e. The van der Waals surface area contributed by atoms with E-state index in [2.05, 4.69) is 190 Å². The summed E-state index contributed by atoms with van der Waals surface area (Å²) in [4.78, 5) is 47.3. The highest BCUT2D eigenvalue weighted by atomic mass is 35.5. The molecule has 12 nitrogen and oxygen atoms in total. The van der Waals surface area contributed by atoms with Gasteiger partial charge in [-0.3, -0.25) is 19.9 Å². The maximum atomic E-state index is 9.56. The summed E-state index contributed by atoms with van der Waals surface area (Å²) >= 11 is 6.11. The minimum Gasteiger partial charge on any atom is -0.423 e. The second-order valence-electron chi connectivity index (χ2n) is 27.3. The molecule has 8 aromatic carbocycles. The lowest BCUT2D eigenvalue weighted by Crippen LogP contribution is -2.31. The van der Waals surface area contributed by atoms with Crippen LogP contribution in [0.5, 0.6) is 0 Å². The quantitative estimate of drug-likeness (QED) is 0.151. The van der Waals surface area contributed by atoms with Crippen molar-refractivity contribution in [3.8, 4) is 102 Å². The van der Waals surface area contributed by atoms with Crippen LogP contribution in [0.3, 0.4) is 0 Å². The van der Waals surface area contributed by atoms with Crippen molar-refractivity contribution in [3.63, 3.8) is 0 Å². The van der Waals surface area contributed by atoms with Crippen LogP contribution in [-0.2, 0) is 21.7 Å². The van der Waals surface area contributed by atoms with Crippen molar-refractivity contribution in [3.05, 3.63) is 281 Å². The first kappa shape index (κ1) is 60.1. The third-order valence-electron chi connectivity index (χ3n) is 20.0. The lowest BCUT2D eigenvalue weighted by Gasteiger charge is -2.24. The summed E-state index contributed by atoms with van der Waals surface area (Å²) < 4.78 is 0. The van der Waals surface area contributed by atoms with E-state index < -0.39 is 7.12 Å². The Morgan fingerprint density at radius 1 is 0.292 bits per heavy atom. The van der Waals surface area contributed by atoms with Gasteiger partial charge in [0, 0.05) is 102 Å². The van der Waals surface area contributed by atoms with E-state index in [9.17, 15) is 10.0 Å². The van der Waals surface area contributed by atoms with Crippen molar-refractivity contribution >= 4 is 45.7 Å². The zero-order valence-electron chi connectivity index (χ0n) is 54.3. The van der Waals surface area contributed by atoms with Crippen molar-refractivity contribution in [1.82, 2.24) is 49.8 Å². The van der Waals surface area contributed by atoms with Crippen LogP contribution in [0.1, 0.15) is 99.9 Å². The van der Waals surface area contributed by atoms with Crippen LogP contribution in [0.25, 0.3) is 124 Å². The molecule has 4 aliphatic carbocycles. The lowest BCUT2D eigenvalue weighted by molar-refractivity contribution is 0.425. The van der Waals surface area contributed by atoms with Gasteiger partial charge in [-0.1, -0.05) is 207 Å². The highest BCUT2D eigenvalue weighted by Gasteiger charge is 2.45. The number of hydrogen-bond donors (Lipinski definition) is 2. The number of aromatic nitrogens is 10. The van der Waals surface area contributed by atoms with Crippen LogP contribution >= 0.6 is 11.6 Å². The highest BCUT2D eigenvalue weighted by molar-refractivity contribution is 6.58. The molecule has 18 rings (SSSR count). The largest absolute Gasteiger partial charge is 0.490 e. The number of halogens is 1. The van der Waals surface area contributed by atoms with Gasteiger partial charge in [0.15, 0.2) is 29.1 Å². The van der Waals surface area contributed by atoms with Crippen molar-refractivity contribution in [2.24, 2.45) is 0 Å². The third-order valence-corrected chi connectivity index (χ3v) is 20.2. The van der Waals surface area contributed by atoms with E-state index in [1.807, 2.05) is 116 Å². The Morgan fingerprint density at radius 2 is 0.646 bits per heavy atom. The number of pyridine rings is 4. The highest BCUT2D eigenvalue weighted by Crippen LogP contribution is 2.57. The van der Waals surface area contributed by atoms with Crippen molar-refractivity contribution < 1.29 is 10.0 Å². The summed E-state index contributed by atoms with van der Waals surface area (Å²) in [6.45, 7) is 18.0. The van der Waals surface area contributed by atoms with Gasteiger partial charge < -0.3 is 10.0 Å². The van der Waals surface area contributed by atoms with Gasteiger partial charge in [-0.25, -0.2) is 19.9 Å². The molecule has 6 aromatic heterocycles. The van der Waals surface area contributed by atoms with E-state index in [-0.39, 0.29) is 26.9 Å². The Hall–Kier alpha value is -10.8. The van der Waals surface area contributed by atoms with Crippen LogP contribution in [0.4, 0.5) is 0 Å². The fourth-order valence-corrected chi connectivity index (χ4v) is 14.8. The van der Waals surface area contributed by atoms with Gasteiger partial charge >= 0.3 is 7.12 Å². The van der Waals surface area contributed by atoms with Crippen LogP contribution < -0.4 is 5.46 Å². The topological polar surface area (TPSA) is 169 Å². The molecule has 2 N–H and O–H groups in total. The molecule has 0 unspecified atom stereocenters. The van der Waals surface area contributed by atoms with Crippen molar-refractivity contribution in [2.45, 2.75) is 77.0 Å². The second-order valence-corrected chi connectivity index (χ2v) is 27.6. The van der Waals surface area contributed by atoms with Crippen molar-refractivity contribution in [2.75, 3.05) is 0 Å². The Kier molecular flexibility index (Phi) is 14.2. The number of benzene rings is 8. The van der Waals surface area contributed by atoms with Gasteiger partial charge in [0.1, 0.15) is 0 Å². The van der Waals surface area contributed by atoms with E-state index in [0.717, 1.165) is 72.5 Å². The Morgan fingerprint density at radius 3 is 1.09 bits per heavy atom. The zero-order chi connectivity index (χ0) is 66.0. The Labute approximate surface area is 562 Å². The zero-order valence-corrected chi connectivity index (χ0v) is 55.0. The monoisotopic (exact) mass is 1270 g/mol. The van der Waals surface area contributed by atoms with Crippen LogP contribution in [0, 0.1) is 0 Å². The fraction of sp³-hybridized carbons (Fsp3) is 0.146. The van der Waals surface area contributed by atoms with Gasteiger partial charge in [0.25, 0.3) is 0 Å². The Bertz CT molecular complexity index is 5510.